The topological polar surface area (TPSA) is 75.9 Å². The van der Waals surface area contributed by atoms with Crippen molar-refractivity contribution < 1.29 is 9.18 Å². The van der Waals surface area contributed by atoms with Gasteiger partial charge >= 0.3 is 0 Å². The number of aromatic nitrogens is 4. The largest absolute Gasteiger partial charge is 0.354 e. The minimum Gasteiger partial charge on any atom is -0.354 e. The number of carbonyl (C=O) groups excluding carboxylic acids is 1. The highest BCUT2D eigenvalue weighted by Crippen LogP contribution is 2.25. The average Bonchev–Trinajstić information content (AvgIpc) is 3.36. The standard InChI is InChI=1S/C25H23FN6O/c26-20-10-4-5-11-21(20)28-25(33)19-9-6-15-31(17-19)22-12-13-23(30-29-22)32-16-14-27-24(32)18-7-2-1-3-8-18/h1-5,7-8,10-14,16,19H,6,9,15,17H2,(H,28,33). The van der Waals surface area contributed by atoms with Gasteiger partial charge in [0.1, 0.15) is 11.6 Å². The Labute approximate surface area is 190 Å². The first-order chi connectivity index (χ1) is 16.2. The summed E-state index contributed by atoms with van der Waals surface area (Å²) < 4.78 is 15.8. The molecule has 33 heavy (non-hydrogen) atoms. The molecule has 0 aliphatic carbocycles. The Morgan fingerprint density at radius 3 is 2.52 bits per heavy atom. The number of nitrogens with zero attached hydrogens (tertiary/aromatic N) is 5. The Morgan fingerprint density at radius 1 is 0.970 bits per heavy atom. The molecule has 0 saturated carbocycles. The van der Waals surface area contributed by atoms with E-state index in [-0.39, 0.29) is 17.5 Å². The second-order valence-electron chi connectivity index (χ2n) is 7.99. The zero-order valence-corrected chi connectivity index (χ0v) is 17.9. The van der Waals surface area contributed by atoms with Crippen LogP contribution in [-0.2, 0) is 4.79 Å². The third-order valence-electron chi connectivity index (χ3n) is 5.80. The maximum absolute atomic E-state index is 13.9. The average molecular weight is 442 g/mol. The molecule has 3 heterocycles. The van der Waals surface area contributed by atoms with Crippen LogP contribution in [0.15, 0.2) is 79.1 Å². The minimum absolute atomic E-state index is 0.180. The molecule has 5 rings (SSSR count). The van der Waals surface area contributed by atoms with Crippen LogP contribution >= 0.6 is 0 Å². The maximum atomic E-state index is 13.9. The summed E-state index contributed by atoms with van der Waals surface area (Å²) in [5, 5.41) is 11.5. The summed E-state index contributed by atoms with van der Waals surface area (Å²) >= 11 is 0. The quantitative estimate of drug-likeness (QED) is 0.498. The third-order valence-corrected chi connectivity index (χ3v) is 5.80. The molecule has 0 spiro atoms. The molecule has 1 aliphatic rings. The summed E-state index contributed by atoms with van der Waals surface area (Å²) in [4.78, 5) is 19.2. The first-order valence-electron chi connectivity index (χ1n) is 10.9. The summed E-state index contributed by atoms with van der Waals surface area (Å²) in [6.45, 7) is 1.30. The van der Waals surface area contributed by atoms with Crippen LogP contribution in [0.1, 0.15) is 12.8 Å². The Bertz CT molecular complexity index is 1240. The zero-order valence-electron chi connectivity index (χ0n) is 17.9. The van der Waals surface area contributed by atoms with E-state index in [1.807, 2.05) is 53.2 Å². The van der Waals surface area contributed by atoms with Gasteiger partial charge in [-0.1, -0.05) is 42.5 Å². The number of halogens is 1. The van der Waals surface area contributed by atoms with Gasteiger partial charge in [-0.25, -0.2) is 9.37 Å². The summed E-state index contributed by atoms with van der Waals surface area (Å²) in [5.74, 6) is 1.30. The predicted molar refractivity (Wildman–Crippen MR) is 125 cm³/mol. The Morgan fingerprint density at radius 2 is 1.73 bits per heavy atom. The molecule has 1 fully saturated rings. The first-order valence-corrected chi connectivity index (χ1v) is 10.9. The van der Waals surface area contributed by atoms with Crippen LogP contribution in [-0.4, -0.2) is 38.7 Å². The lowest BCUT2D eigenvalue weighted by Crippen LogP contribution is -2.41. The number of carbonyl (C=O) groups is 1. The summed E-state index contributed by atoms with van der Waals surface area (Å²) in [5.41, 5.74) is 1.20. The highest BCUT2D eigenvalue weighted by molar-refractivity contribution is 5.93. The van der Waals surface area contributed by atoms with Crippen molar-refractivity contribution in [2.75, 3.05) is 23.3 Å². The molecular weight excluding hydrogens is 419 g/mol. The van der Waals surface area contributed by atoms with Crippen molar-refractivity contribution in [1.82, 2.24) is 19.7 Å². The minimum atomic E-state index is -0.436. The number of hydrogen-bond acceptors (Lipinski definition) is 5. The van der Waals surface area contributed by atoms with Crippen molar-refractivity contribution >= 4 is 17.4 Å². The predicted octanol–water partition coefficient (Wildman–Crippen LogP) is 4.32. The van der Waals surface area contributed by atoms with E-state index < -0.39 is 5.82 Å². The lowest BCUT2D eigenvalue weighted by atomic mass is 9.97. The number of rotatable bonds is 5. The molecule has 1 aliphatic heterocycles. The maximum Gasteiger partial charge on any atom is 0.229 e. The summed E-state index contributed by atoms with van der Waals surface area (Å²) in [6.07, 6.45) is 5.19. The molecule has 2 aromatic heterocycles. The van der Waals surface area contributed by atoms with Crippen LogP contribution in [0, 0.1) is 11.7 Å². The molecule has 1 atom stereocenters. The van der Waals surface area contributed by atoms with Crippen molar-refractivity contribution in [3.63, 3.8) is 0 Å². The molecule has 0 bridgehead atoms. The molecule has 1 saturated heterocycles. The van der Waals surface area contributed by atoms with E-state index in [2.05, 4.69) is 25.4 Å². The fourth-order valence-electron chi connectivity index (χ4n) is 4.10. The fourth-order valence-corrected chi connectivity index (χ4v) is 4.10. The van der Waals surface area contributed by atoms with Crippen LogP contribution in [0.25, 0.3) is 17.2 Å². The fraction of sp³-hybridized carbons (Fsp3) is 0.200. The Kier molecular flexibility index (Phi) is 5.80. The number of nitrogens with one attached hydrogen (secondary N) is 1. The van der Waals surface area contributed by atoms with Crippen LogP contribution in [0.4, 0.5) is 15.9 Å². The molecule has 166 valence electrons. The molecule has 8 heteroatoms. The van der Waals surface area contributed by atoms with Gasteiger partial charge in [-0.15, -0.1) is 10.2 Å². The lowest BCUT2D eigenvalue weighted by Gasteiger charge is -2.32. The summed E-state index contributed by atoms with van der Waals surface area (Å²) in [6, 6.07) is 19.9. The van der Waals surface area contributed by atoms with Crippen LogP contribution in [0.3, 0.4) is 0 Å². The molecule has 4 aromatic rings. The Hall–Kier alpha value is -4.07. The number of imidazole rings is 1. The van der Waals surface area contributed by atoms with Crippen molar-refractivity contribution in [2.24, 2.45) is 5.92 Å². The molecule has 1 amide bonds. The smallest absolute Gasteiger partial charge is 0.229 e. The van der Waals surface area contributed by atoms with Gasteiger partial charge in [0.25, 0.3) is 0 Å². The van der Waals surface area contributed by atoms with Crippen molar-refractivity contribution in [3.05, 3.63) is 84.9 Å². The van der Waals surface area contributed by atoms with E-state index in [1.54, 1.807) is 24.4 Å². The second-order valence-corrected chi connectivity index (χ2v) is 7.99. The van der Waals surface area contributed by atoms with E-state index in [9.17, 15) is 9.18 Å². The molecular formula is C25H23FN6O. The van der Waals surface area contributed by atoms with Crippen molar-refractivity contribution in [1.29, 1.82) is 0 Å². The van der Waals surface area contributed by atoms with Gasteiger partial charge in [0.05, 0.1) is 11.6 Å². The van der Waals surface area contributed by atoms with E-state index in [1.165, 1.54) is 6.07 Å². The zero-order chi connectivity index (χ0) is 22.6. The first kappa shape index (κ1) is 20.8. The van der Waals surface area contributed by atoms with E-state index >= 15 is 0 Å². The summed E-state index contributed by atoms with van der Waals surface area (Å²) in [7, 11) is 0. The van der Waals surface area contributed by atoms with Gasteiger partial charge in [-0.2, -0.15) is 0 Å². The van der Waals surface area contributed by atoms with Gasteiger partial charge in [-0.05, 0) is 37.1 Å². The molecule has 7 nitrogen and oxygen atoms in total. The van der Waals surface area contributed by atoms with Gasteiger partial charge in [0.2, 0.25) is 5.91 Å². The van der Waals surface area contributed by atoms with Gasteiger partial charge in [0, 0.05) is 31.0 Å². The lowest BCUT2D eigenvalue weighted by molar-refractivity contribution is -0.120. The number of para-hydroxylation sites is 1. The molecule has 1 unspecified atom stereocenters. The highest BCUT2D eigenvalue weighted by Gasteiger charge is 2.27. The van der Waals surface area contributed by atoms with E-state index in [0.717, 1.165) is 30.8 Å². The Balaban J connectivity index is 1.29. The highest BCUT2D eigenvalue weighted by atomic mass is 19.1. The van der Waals surface area contributed by atoms with E-state index in [4.69, 9.17) is 0 Å². The van der Waals surface area contributed by atoms with E-state index in [0.29, 0.717) is 18.2 Å². The number of hydrogen-bond donors (Lipinski definition) is 1. The third kappa shape index (κ3) is 4.45. The molecule has 0 radical (unpaired) electrons. The van der Waals surface area contributed by atoms with Crippen LogP contribution < -0.4 is 10.2 Å². The second kappa shape index (κ2) is 9.20. The number of benzene rings is 2. The number of piperidine rings is 1. The van der Waals surface area contributed by atoms with Crippen LogP contribution in [0.5, 0.6) is 0 Å². The van der Waals surface area contributed by atoms with Gasteiger partial charge in [0.15, 0.2) is 11.6 Å². The molecule has 1 N–H and O–H groups in total. The monoisotopic (exact) mass is 442 g/mol. The number of amides is 1. The SMILES string of the molecule is O=C(Nc1ccccc1F)C1CCCN(c2ccc(-n3ccnc3-c3ccccc3)nn2)C1. The normalized spacial score (nSPS) is 15.9. The van der Waals surface area contributed by atoms with Crippen molar-refractivity contribution in [3.8, 4) is 17.2 Å². The van der Waals surface area contributed by atoms with Crippen molar-refractivity contribution in [2.45, 2.75) is 12.8 Å². The van der Waals surface area contributed by atoms with Crippen LogP contribution in [0.2, 0.25) is 0 Å². The number of anilines is 2. The van der Waals surface area contributed by atoms with Gasteiger partial charge in [-0.3, -0.25) is 9.36 Å². The van der Waals surface area contributed by atoms with Gasteiger partial charge < -0.3 is 10.2 Å². The molecule has 2 aromatic carbocycles.